The summed E-state index contributed by atoms with van der Waals surface area (Å²) < 4.78 is 4.36. The number of ether oxygens (including phenoxy) is 1. The summed E-state index contributed by atoms with van der Waals surface area (Å²) in [6.07, 6.45) is 0. The zero-order valence-corrected chi connectivity index (χ0v) is 8.73. The van der Waals surface area contributed by atoms with Crippen LogP contribution in [0.2, 0.25) is 0 Å². The van der Waals surface area contributed by atoms with Gasteiger partial charge in [-0.05, 0) is 12.1 Å². The van der Waals surface area contributed by atoms with Crippen LogP contribution in [0.1, 0.15) is 20.1 Å². The predicted octanol–water partition coefficient (Wildman–Crippen LogP) is 1.23. The molecule has 0 aliphatic carbocycles. The molecule has 0 aromatic heterocycles. The molecule has 0 unspecified atom stereocenters. The second-order valence-corrected chi connectivity index (χ2v) is 2.25. The summed E-state index contributed by atoms with van der Waals surface area (Å²) in [5, 5.41) is 0. The van der Waals surface area contributed by atoms with Gasteiger partial charge >= 0.3 is 35.0 Å². The van der Waals surface area contributed by atoms with Gasteiger partial charge in [0.2, 0.25) is 0 Å². The average molecular weight is 190 g/mol. The quantitative estimate of drug-likeness (QED) is 0.380. The van der Waals surface area contributed by atoms with Gasteiger partial charge in [-0.15, -0.1) is 0 Å². The van der Waals surface area contributed by atoms with Crippen LogP contribution >= 0.6 is 0 Å². The first kappa shape index (κ1) is 12.1. The van der Waals surface area contributed by atoms with Crippen LogP contribution in [-0.2, 0) is 9.53 Å². The van der Waals surface area contributed by atoms with Crippen LogP contribution in [0.25, 0.3) is 0 Å². The van der Waals surface area contributed by atoms with Crippen molar-refractivity contribution in [1.82, 2.24) is 0 Å². The first-order valence-corrected chi connectivity index (χ1v) is 3.48. The summed E-state index contributed by atoms with van der Waals surface area (Å²) in [5.74, 6) is -1.20. The van der Waals surface area contributed by atoms with Crippen molar-refractivity contribution in [1.29, 1.82) is 0 Å². The van der Waals surface area contributed by atoms with E-state index in [9.17, 15) is 9.59 Å². The Labute approximate surface area is 95.2 Å². The van der Waals surface area contributed by atoms with E-state index in [1.165, 1.54) is 6.92 Å². The zero-order chi connectivity index (χ0) is 8.97. The van der Waals surface area contributed by atoms with E-state index < -0.39 is 11.9 Å². The van der Waals surface area contributed by atoms with Crippen LogP contribution in [0.4, 0.5) is 0 Å². The third kappa shape index (κ3) is 4.05. The third-order valence-corrected chi connectivity index (χ3v) is 1.25. The first-order chi connectivity index (χ1) is 5.70. The van der Waals surface area contributed by atoms with Gasteiger partial charge in [-0.1, -0.05) is 18.2 Å². The molecule has 0 radical (unpaired) electrons. The number of hydrogen-bond donors (Lipinski definition) is 0. The predicted molar refractivity (Wildman–Crippen MR) is 50.5 cm³/mol. The molecule has 0 heterocycles. The fourth-order valence-corrected chi connectivity index (χ4v) is 0.764. The van der Waals surface area contributed by atoms with Crippen LogP contribution in [0.5, 0.6) is 0 Å². The van der Waals surface area contributed by atoms with Gasteiger partial charge in [-0.2, -0.15) is 0 Å². The Morgan fingerprint density at radius 2 is 1.77 bits per heavy atom. The van der Waals surface area contributed by atoms with Crippen molar-refractivity contribution in [3.05, 3.63) is 35.9 Å². The van der Waals surface area contributed by atoms with E-state index >= 15 is 0 Å². The van der Waals surface area contributed by atoms with Crippen LogP contribution in [0, 0.1) is 0 Å². The second kappa shape index (κ2) is 5.72. The van der Waals surface area contributed by atoms with Crippen LogP contribution in [-0.4, -0.2) is 35.0 Å². The summed E-state index contributed by atoms with van der Waals surface area (Å²) in [4.78, 5) is 21.4. The number of benzene rings is 1. The van der Waals surface area contributed by atoms with Crippen molar-refractivity contribution in [3.8, 4) is 0 Å². The number of carbonyl (C=O) groups excluding carboxylic acids is 2. The molecular weight excluding hydrogens is 180 g/mol. The van der Waals surface area contributed by atoms with Gasteiger partial charge in [0.1, 0.15) is 0 Å². The molecule has 0 aliphatic rings. The maximum absolute atomic E-state index is 11.0. The van der Waals surface area contributed by atoms with Gasteiger partial charge in [0.15, 0.2) is 0 Å². The maximum Gasteiger partial charge on any atom is 2.00 e. The summed E-state index contributed by atoms with van der Waals surface area (Å²) in [6, 6.07) is 8.37. The Morgan fingerprint density at radius 1 is 1.23 bits per heavy atom. The van der Waals surface area contributed by atoms with Gasteiger partial charge in [0, 0.05) is 6.92 Å². The van der Waals surface area contributed by atoms with Gasteiger partial charge < -0.3 is 7.59 Å². The standard InChI is InChI=1S/C9H8O3.Mg.2H/c1-7(10)12-9(11)8-5-3-2-4-6-8;;;/h2-6H,1H3;;;/q;+2;2*-1. The minimum atomic E-state index is -0.608. The van der Waals surface area contributed by atoms with Crippen molar-refractivity contribution in [2.45, 2.75) is 6.92 Å². The van der Waals surface area contributed by atoms with E-state index in [1.54, 1.807) is 30.3 Å². The van der Waals surface area contributed by atoms with E-state index in [-0.39, 0.29) is 25.9 Å². The SMILES string of the molecule is CC(=O)OC(=O)c1ccccc1.[H-].[H-].[Mg+2]. The molecular formula is C9H10MgO3. The fraction of sp³-hybridized carbons (Fsp3) is 0.111. The molecule has 0 bridgehead atoms. The molecule has 0 N–H and O–H groups in total. The molecule has 0 amide bonds. The van der Waals surface area contributed by atoms with Crippen LogP contribution < -0.4 is 0 Å². The monoisotopic (exact) mass is 190 g/mol. The Kier molecular flexibility index (Phi) is 5.33. The van der Waals surface area contributed by atoms with Crippen LogP contribution in [0.15, 0.2) is 30.3 Å². The number of carbonyl (C=O) groups is 2. The number of rotatable bonds is 1. The molecule has 0 aliphatic heterocycles. The minimum Gasteiger partial charge on any atom is -1.00 e. The van der Waals surface area contributed by atoms with Gasteiger partial charge in [0.05, 0.1) is 5.56 Å². The molecule has 1 rings (SSSR count). The molecule has 0 saturated carbocycles. The van der Waals surface area contributed by atoms with Crippen molar-refractivity contribution < 1.29 is 17.2 Å². The van der Waals surface area contributed by atoms with Crippen molar-refractivity contribution in [3.63, 3.8) is 0 Å². The minimum absolute atomic E-state index is 0. The normalized spacial score (nSPS) is 8.38. The van der Waals surface area contributed by atoms with Crippen molar-refractivity contribution in [2.75, 3.05) is 0 Å². The van der Waals surface area contributed by atoms with Gasteiger partial charge in [-0.3, -0.25) is 4.79 Å². The Bertz CT molecular complexity index is 303. The molecule has 0 fully saturated rings. The molecule has 3 nitrogen and oxygen atoms in total. The molecule has 0 saturated heterocycles. The molecule has 0 atom stereocenters. The Balaban J connectivity index is -0.000000480. The van der Waals surface area contributed by atoms with Gasteiger partial charge in [-0.25, -0.2) is 4.79 Å². The van der Waals surface area contributed by atoms with E-state index in [0.717, 1.165) is 0 Å². The largest absolute Gasteiger partial charge is 2.00 e. The summed E-state index contributed by atoms with van der Waals surface area (Å²) in [7, 11) is 0. The maximum atomic E-state index is 11.0. The number of esters is 2. The zero-order valence-electron chi connectivity index (χ0n) is 9.32. The fourth-order valence-electron chi connectivity index (χ4n) is 0.764. The third-order valence-electron chi connectivity index (χ3n) is 1.25. The Morgan fingerprint density at radius 3 is 2.23 bits per heavy atom. The number of hydrogen-bond acceptors (Lipinski definition) is 3. The van der Waals surface area contributed by atoms with E-state index in [1.807, 2.05) is 0 Å². The van der Waals surface area contributed by atoms with E-state index in [0.29, 0.717) is 5.56 Å². The molecule has 1 aromatic rings. The van der Waals surface area contributed by atoms with E-state index in [2.05, 4.69) is 4.74 Å². The van der Waals surface area contributed by atoms with Crippen molar-refractivity contribution in [2.24, 2.45) is 0 Å². The molecule has 4 heteroatoms. The summed E-state index contributed by atoms with van der Waals surface area (Å²) in [5.41, 5.74) is 0.382. The molecule has 66 valence electrons. The van der Waals surface area contributed by atoms with Gasteiger partial charge in [0.25, 0.3) is 0 Å². The second-order valence-electron chi connectivity index (χ2n) is 2.25. The molecule has 1 aromatic carbocycles. The topological polar surface area (TPSA) is 43.4 Å². The smallest absolute Gasteiger partial charge is 1.00 e. The first-order valence-electron chi connectivity index (χ1n) is 3.48. The summed E-state index contributed by atoms with van der Waals surface area (Å²) >= 11 is 0. The average Bonchev–Trinajstić information content (AvgIpc) is 2.05. The Hall–Kier alpha value is -0.874. The molecule has 13 heavy (non-hydrogen) atoms. The van der Waals surface area contributed by atoms with Crippen molar-refractivity contribution >= 4 is 35.0 Å². The van der Waals surface area contributed by atoms with E-state index in [4.69, 9.17) is 0 Å². The molecule has 0 spiro atoms. The summed E-state index contributed by atoms with van der Waals surface area (Å²) in [6.45, 7) is 1.20. The van der Waals surface area contributed by atoms with Crippen LogP contribution in [0.3, 0.4) is 0 Å².